The van der Waals surface area contributed by atoms with Crippen molar-refractivity contribution in [1.82, 2.24) is 15.1 Å². The summed E-state index contributed by atoms with van der Waals surface area (Å²) < 4.78 is 5.23. The second-order valence-electron chi connectivity index (χ2n) is 5.19. The van der Waals surface area contributed by atoms with Gasteiger partial charge in [0.1, 0.15) is 0 Å². The molecular weight excluding hydrogens is 228 g/mol. The van der Waals surface area contributed by atoms with Crippen LogP contribution in [0.4, 0.5) is 0 Å². The normalized spacial score (nSPS) is 11.8. The maximum Gasteiger partial charge on any atom is 0.227 e. The minimum absolute atomic E-state index is 0.221. The quantitative estimate of drug-likeness (QED) is 0.893. The summed E-state index contributed by atoms with van der Waals surface area (Å²) in [6.45, 7) is 5.94. The van der Waals surface area contributed by atoms with Gasteiger partial charge >= 0.3 is 0 Å². The topological polar surface area (TPSA) is 77.8 Å². The van der Waals surface area contributed by atoms with E-state index in [9.17, 15) is 0 Å². The van der Waals surface area contributed by atoms with Crippen LogP contribution in [0.15, 0.2) is 23.0 Å². The van der Waals surface area contributed by atoms with Crippen LogP contribution in [0.2, 0.25) is 0 Å². The SMILES string of the molecule is Cc1cnccc1-c1noc(CCC(C)(C)N)n1. The Morgan fingerprint density at radius 1 is 1.39 bits per heavy atom. The molecule has 0 aliphatic carbocycles. The summed E-state index contributed by atoms with van der Waals surface area (Å²) in [5, 5.41) is 3.99. The second kappa shape index (κ2) is 4.86. The number of aryl methyl sites for hydroxylation is 2. The average Bonchev–Trinajstić information content (AvgIpc) is 2.75. The van der Waals surface area contributed by atoms with Crippen molar-refractivity contribution in [3.8, 4) is 11.4 Å². The predicted octanol–water partition coefficient (Wildman–Crippen LogP) is 2.11. The highest BCUT2D eigenvalue weighted by atomic mass is 16.5. The summed E-state index contributed by atoms with van der Waals surface area (Å²) in [6.07, 6.45) is 5.01. The van der Waals surface area contributed by atoms with Gasteiger partial charge in [0.05, 0.1) is 0 Å². The van der Waals surface area contributed by atoms with Gasteiger partial charge in [0, 0.05) is 29.9 Å². The average molecular weight is 246 g/mol. The number of hydrogen-bond donors (Lipinski definition) is 1. The number of rotatable bonds is 4. The monoisotopic (exact) mass is 246 g/mol. The number of nitrogens with zero attached hydrogens (tertiary/aromatic N) is 3. The van der Waals surface area contributed by atoms with Crippen LogP contribution in [-0.4, -0.2) is 20.7 Å². The van der Waals surface area contributed by atoms with Crippen LogP contribution in [0.5, 0.6) is 0 Å². The van der Waals surface area contributed by atoms with Gasteiger partial charge in [-0.1, -0.05) is 5.16 Å². The summed E-state index contributed by atoms with van der Waals surface area (Å²) in [6, 6.07) is 1.89. The third-order valence-electron chi connectivity index (χ3n) is 2.71. The molecular formula is C13H18N4O. The van der Waals surface area contributed by atoms with E-state index in [1.165, 1.54) is 0 Å². The van der Waals surface area contributed by atoms with Gasteiger partial charge in [0.25, 0.3) is 0 Å². The summed E-state index contributed by atoms with van der Waals surface area (Å²) in [4.78, 5) is 8.43. The van der Waals surface area contributed by atoms with Gasteiger partial charge in [-0.05, 0) is 38.8 Å². The molecule has 0 aromatic carbocycles. The summed E-state index contributed by atoms with van der Waals surface area (Å²) in [5.74, 6) is 1.24. The third kappa shape index (κ3) is 3.13. The lowest BCUT2D eigenvalue weighted by molar-refractivity contribution is 0.358. The molecule has 0 aliphatic rings. The standard InChI is InChI=1S/C13H18N4O/c1-9-8-15-7-5-10(9)12-16-11(18-17-12)4-6-13(2,3)14/h5,7-8H,4,6,14H2,1-3H3. The molecule has 5 nitrogen and oxygen atoms in total. The first-order valence-corrected chi connectivity index (χ1v) is 5.98. The Balaban J connectivity index is 2.14. The van der Waals surface area contributed by atoms with E-state index in [1.807, 2.05) is 26.8 Å². The van der Waals surface area contributed by atoms with E-state index >= 15 is 0 Å². The van der Waals surface area contributed by atoms with Crippen molar-refractivity contribution in [2.24, 2.45) is 5.73 Å². The molecule has 0 atom stereocenters. The number of nitrogens with two attached hydrogens (primary N) is 1. The Bertz CT molecular complexity index is 528. The van der Waals surface area contributed by atoms with Crippen LogP contribution in [0.3, 0.4) is 0 Å². The van der Waals surface area contributed by atoms with E-state index in [0.29, 0.717) is 18.1 Å². The Morgan fingerprint density at radius 3 is 2.83 bits per heavy atom. The van der Waals surface area contributed by atoms with Crippen molar-refractivity contribution < 1.29 is 4.52 Å². The summed E-state index contributed by atoms with van der Waals surface area (Å²) in [5.41, 5.74) is 7.69. The zero-order valence-corrected chi connectivity index (χ0v) is 11.0. The van der Waals surface area contributed by atoms with Crippen molar-refractivity contribution in [3.05, 3.63) is 29.9 Å². The Kier molecular flexibility index (Phi) is 3.43. The lowest BCUT2D eigenvalue weighted by atomic mass is 10.0. The van der Waals surface area contributed by atoms with Crippen LogP contribution in [0.1, 0.15) is 31.7 Å². The van der Waals surface area contributed by atoms with Crippen LogP contribution in [-0.2, 0) is 6.42 Å². The van der Waals surface area contributed by atoms with Crippen molar-refractivity contribution in [1.29, 1.82) is 0 Å². The van der Waals surface area contributed by atoms with Gasteiger partial charge in [0.15, 0.2) is 0 Å². The maximum absolute atomic E-state index is 5.93. The zero-order chi connectivity index (χ0) is 13.2. The lowest BCUT2D eigenvalue weighted by Crippen LogP contribution is -2.32. The molecule has 0 saturated carbocycles. The van der Waals surface area contributed by atoms with Crippen molar-refractivity contribution in [2.45, 2.75) is 39.2 Å². The van der Waals surface area contributed by atoms with Gasteiger partial charge < -0.3 is 10.3 Å². The van der Waals surface area contributed by atoms with Crippen molar-refractivity contribution in [3.63, 3.8) is 0 Å². The largest absolute Gasteiger partial charge is 0.339 e. The number of aromatic nitrogens is 3. The molecule has 2 N–H and O–H groups in total. The first-order valence-electron chi connectivity index (χ1n) is 5.98. The molecule has 2 rings (SSSR count). The molecule has 0 aliphatic heterocycles. The fourth-order valence-corrected chi connectivity index (χ4v) is 1.62. The van der Waals surface area contributed by atoms with Crippen molar-refractivity contribution >= 4 is 0 Å². The fourth-order valence-electron chi connectivity index (χ4n) is 1.62. The molecule has 2 aromatic rings. The van der Waals surface area contributed by atoms with Gasteiger partial charge in [-0.2, -0.15) is 4.98 Å². The van der Waals surface area contributed by atoms with Crippen LogP contribution >= 0.6 is 0 Å². The molecule has 0 radical (unpaired) electrons. The van der Waals surface area contributed by atoms with E-state index in [0.717, 1.165) is 17.5 Å². The molecule has 0 unspecified atom stereocenters. The molecule has 0 spiro atoms. The van der Waals surface area contributed by atoms with Gasteiger partial charge in [0.2, 0.25) is 11.7 Å². The molecule has 0 saturated heterocycles. The predicted molar refractivity (Wildman–Crippen MR) is 68.9 cm³/mol. The summed E-state index contributed by atoms with van der Waals surface area (Å²) in [7, 11) is 0. The van der Waals surface area contributed by atoms with E-state index in [-0.39, 0.29) is 5.54 Å². The van der Waals surface area contributed by atoms with E-state index in [4.69, 9.17) is 10.3 Å². The van der Waals surface area contributed by atoms with E-state index < -0.39 is 0 Å². The maximum atomic E-state index is 5.93. The Hall–Kier alpha value is -1.75. The minimum Gasteiger partial charge on any atom is -0.339 e. The number of pyridine rings is 1. The molecule has 5 heteroatoms. The molecule has 96 valence electrons. The molecule has 0 bridgehead atoms. The van der Waals surface area contributed by atoms with E-state index in [1.54, 1.807) is 12.4 Å². The molecule has 2 heterocycles. The third-order valence-corrected chi connectivity index (χ3v) is 2.71. The highest BCUT2D eigenvalue weighted by Crippen LogP contribution is 2.19. The Labute approximate surface area is 106 Å². The Morgan fingerprint density at radius 2 is 2.17 bits per heavy atom. The smallest absolute Gasteiger partial charge is 0.227 e. The fraction of sp³-hybridized carbons (Fsp3) is 0.462. The van der Waals surface area contributed by atoms with Gasteiger partial charge in [-0.25, -0.2) is 0 Å². The van der Waals surface area contributed by atoms with Crippen LogP contribution in [0, 0.1) is 6.92 Å². The van der Waals surface area contributed by atoms with Crippen LogP contribution in [0.25, 0.3) is 11.4 Å². The first-order chi connectivity index (χ1) is 8.46. The first kappa shape index (κ1) is 12.7. The summed E-state index contributed by atoms with van der Waals surface area (Å²) >= 11 is 0. The van der Waals surface area contributed by atoms with Gasteiger partial charge in [-0.15, -0.1) is 0 Å². The lowest BCUT2D eigenvalue weighted by Gasteiger charge is -2.16. The highest BCUT2D eigenvalue weighted by Gasteiger charge is 2.15. The van der Waals surface area contributed by atoms with Crippen LogP contribution < -0.4 is 5.73 Å². The number of hydrogen-bond acceptors (Lipinski definition) is 5. The molecule has 0 amide bonds. The van der Waals surface area contributed by atoms with Crippen molar-refractivity contribution in [2.75, 3.05) is 0 Å². The molecule has 2 aromatic heterocycles. The van der Waals surface area contributed by atoms with Gasteiger partial charge in [-0.3, -0.25) is 4.98 Å². The molecule has 0 fully saturated rings. The van der Waals surface area contributed by atoms with E-state index in [2.05, 4.69) is 15.1 Å². The molecule has 18 heavy (non-hydrogen) atoms. The second-order valence-corrected chi connectivity index (χ2v) is 5.19. The minimum atomic E-state index is -0.221. The zero-order valence-electron chi connectivity index (χ0n) is 11.0. The highest BCUT2D eigenvalue weighted by molar-refractivity contribution is 5.57.